The molecule has 1 unspecified atom stereocenters. The van der Waals surface area contributed by atoms with Crippen molar-refractivity contribution < 1.29 is 4.42 Å². The Kier molecular flexibility index (Phi) is 3.24. The van der Waals surface area contributed by atoms with Gasteiger partial charge < -0.3 is 4.42 Å². The molecule has 1 atom stereocenters. The smallest absolute Gasteiger partial charge is 0.198 e. The summed E-state index contributed by atoms with van der Waals surface area (Å²) in [6.07, 6.45) is 5.07. The zero-order valence-electron chi connectivity index (χ0n) is 8.77. The zero-order valence-corrected chi connectivity index (χ0v) is 9.53. The normalized spacial score (nSPS) is 12.7. The van der Waals surface area contributed by atoms with Crippen molar-refractivity contribution in [3.63, 3.8) is 0 Å². The van der Waals surface area contributed by atoms with Gasteiger partial charge in [0.1, 0.15) is 0 Å². The predicted octanol–water partition coefficient (Wildman–Crippen LogP) is 2.19. The highest BCUT2D eigenvalue weighted by Crippen LogP contribution is 2.28. The molecule has 2 aromatic heterocycles. The number of hydrogen-bond donors (Lipinski definition) is 2. The third kappa shape index (κ3) is 2.09. The number of aryl methyl sites for hydroxylation is 1. The Hall–Kier alpha value is -1.36. The first kappa shape index (κ1) is 11.1. The van der Waals surface area contributed by atoms with Crippen LogP contribution in [0.25, 0.3) is 0 Å². The zero-order chi connectivity index (χ0) is 11.5. The van der Waals surface area contributed by atoms with Gasteiger partial charge in [0.05, 0.1) is 12.3 Å². The molecule has 2 heterocycles. The summed E-state index contributed by atoms with van der Waals surface area (Å²) in [5.41, 5.74) is 5.52. The first-order chi connectivity index (χ1) is 7.72. The van der Waals surface area contributed by atoms with E-state index in [1.807, 2.05) is 13.0 Å². The second-order valence-corrected chi connectivity index (χ2v) is 3.89. The topological polar surface area (TPSA) is 64.1 Å². The molecule has 16 heavy (non-hydrogen) atoms. The van der Waals surface area contributed by atoms with E-state index < -0.39 is 0 Å². The maximum absolute atomic E-state index is 5.92. The molecule has 0 bridgehead atoms. The van der Waals surface area contributed by atoms with Gasteiger partial charge in [0.15, 0.2) is 5.22 Å². The van der Waals surface area contributed by atoms with Gasteiger partial charge in [-0.1, -0.05) is 6.07 Å². The molecular formula is C11H12ClN3O. The number of aromatic nitrogens is 1. The fourth-order valence-corrected chi connectivity index (χ4v) is 1.84. The van der Waals surface area contributed by atoms with Crippen LogP contribution in [0.1, 0.15) is 22.7 Å². The number of rotatable bonds is 3. The van der Waals surface area contributed by atoms with Gasteiger partial charge in [0.25, 0.3) is 0 Å². The van der Waals surface area contributed by atoms with Crippen LogP contribution in [0.15, 0.2) is 35.2 Å². The van der Waals surface area contributed by atoms with Crippen molar-refractivity contribution in [3.8, 4) is 0 Å². The Labute approximate surface area is 98.4 Å². The summed E-state index contributed by atoms with van der Waals surface area (Å²) in [4.78, 5) is 4.12. The van der Waals surface area contributed by atoms with Gasteiger partial charge in [-0.3, -0.25) is 10.8 Å². The minimum Gasteiger partial charge on any atom is -0.453 e. The number of nitrogens with zero attached hydrogens (tertiary/aromatic N) is 1. The van der Waals surface area contributed by atoms with Gasteiger partial charge in [0, 0.05) is 18.0 Å². The fourth-order valence-electron chi connectivity index (χ4n) is 1.61. The second-order valence-electron chi connectivity index (χ2n) is 3.54. The van der Waals surface area contributed by atoms with Crippen molar-refractivity contribution in [2.75, 3.05) is 0 Å². The number of halogens is 1. The molecule has 2 aromatic rings. The van der Waals surface area contributed by atoms with Crippen molar-refractivity contribution in [1.29, 1.82) is 0 Å². The first-order valence-corrected chi connectivity index (χ1v) is 5.20. The van der Waals surface area contributed by atoms with Gasteiger partial charge >= 0.3 is 0 Å². The number of nitrogens with two attached hydrogens (primary N) is 1. The van der Waals surface area contributed by atoms with Gasteiger partial charge in [0.2, 0.25) is 0 Å². The molecule has 4 nitrogen and oxygen atoms in total. The summed E-state index contributed by atoms with van der Waals surface area (Å²) in [6.45, 7) is 1.97. The van der Waals surface area contributed by atoms with Crippen LogP contribution < -0.4 is 11.3 Å². The maximum atomic E-state index is 5.92. The molecule has 0 radical (unpaired) electrons. The van der Waals surface area contributed by atoms with E-state index in [0.717, 1.165) is 16.7 Å². The quantitative estimate of drug-likeness (QED) is 0.635. The lowest BCUT2D eigenvalue weighted by molar-refractivity contribution is 0.555. The molecule has 0 saturated heterocycles. The number of hydrogen-bond acceptors (Lipinski definition) is 4. The van der Waals surface area contributed by atoms with E-state index in [-0.39, 0.29) is 6.04 Å². The third-order valence-electron chi connectivity index (χ3n) is 2.35. The van der Waals surface area contributed by atoms with Crippen molar-refractivity contribution in [3.05, 3.63) is 52.7 Å². The van der Waals surface area contributed by atoms with Crippen LogP contribution in [0.3, 0.4) is 0 Å². The molecule has 0 aliphatic heterocycles. The molecule has 2 rings (SSSR count). The van der Waals surface area contributed by atoms with E-state index in [9.17, 15) is 0 Å². The Balaban J connectivity index is 2.40. The fraction of sp³-hybridized carbons (Fsp3) is 0.182. The molecule has 0 saturated carbocycles. The van der Waals surface area contributed by atoms with E-state index in [1.54, 1.807) is 18.5 Å². The summed E-state index contributed by atoms with van der Waals surface area (Å²) < 4.78 is 5.05. The summed E-state index contributed by atoms with van der Waals surface area (Å²) in [6, 6.07) is 3.58. The number of nitrogens with one attached hydrogen (secondary N) is 1. The monoisotopic (exact) mass is 237 g/mol. The van der Waals surface area contributed by atoms with E-state index in [4.69, 9.17) is 21.9 Å². The maximum Gasteiger partial charge on any atom is 0.198 e. The lowest BCUT2D eigenvalue weighted by Crippen LogP contribution is -2.28. The molecule has 0 aliphatic rings. The number of hydrazine groups is 1. The largest absolute Gasteiger partial charge is 0.453 e. The summed E-state index contributed by atoms with van der Waals surface area (Å²) in [5, 5.41) is 0.337. The second kappa shape index (κ2) is 4.65. The summed E-state index contributed by atoms with van der Waals surface area (Å²) in [5.74, 6) is 5.54. The third-order valence-corrected chi connectivity index (χ3v) is 2.66. The average molecular weight is 238 g/mol. The van der Waals surface area contributed by atoms with Crippen molar-refractivity contribution in [1.82, 2.24) is 10.4 Å². The lowest BCUT2D eigenvalue weighted by Gasteiger charge is -2.15. The SMILES string of the molecule is Cc1cncc(C(NN)c2ccoc2Cl)c1. The minimum atomic E-state index is -0.210. The molecule has 5 heteroatoms. The van der Waals surface area contributed by atoms with Gasteiger partial charge in [-0.25, -0.2) is 5.43 Å². The first-order valence-electron chi connectivity index (χ1n) is 4.83. The Morgan fingerprint density at radius 2 is 2.31 bits per heavy atom. The molecular weight excluding hydrogens is 226 g/mol. The molecule has 0 fully saturated rings. The standard InChI is InChI=1S/C11H12ClN3O/c1-7-4-8(6-14-5-7)10(15-13)9-2-3-16-11(9)12/h2-6,10,15H,13H2,1H3. The van der Waals surface area contributed by atoms with Crippen LogP contribution in [0, 0.1) is 6.92 Å². The highest BCUT2D eigenvalue weighted by Gasteiger charge is 2.17. The average Bonchev–Trinajstić information content (AvgIpc) is 2.67. The highest BCUT2D eigenvalue weighted by atomic mass is 35.5. The predicted molar refractivity (Wildman–Crippen MR) is 61.9 cm³/mol. The van der Waals surface area contributed by atoms with E-state index in [2.05, 4.69) is 10.4 Å². The Bertz CT molecular complexity index is 484. The lowest BCUT2D eigenvalue weighted by atomic mass is 10.0. The molecule has 0 spiro atoms. The minimum absolute atomic E-state index is 0.210. The van der Waals surface area contributed by atoms with Crippen LogP contribution in [-0.2, 0) is 0 Å². The molecule has 3 N–H and O–H groups in total. The summed E-state index contributed by atoms with van der Waals surface area (Å²) in [7, 11) is 0. The Morgan fingerprint density at radius 3 is 2.88 bits per heavy atom. The van der Waals surface area contributed by atoms with Crippen molar-refractivity contribution >= 4 is 11.6 Å². The summed E-state index contributed by atoms with van der Waals surface area (Å²) >= 11 is 5.92. The van der Waals surface area contributed by atoms with Crippen molar-refractivity contribution in [2.24, 2.45) is 5.84 Å². The van der Waals surface area contributed by atoms with E-state index >= 15 is 0 Å². The van der Waals surface area contributed by atoms with E-state index in [0.29, 0.717) is 5.22 Å². The molecule has 0 amide bonds. The van der Waals surface area contributed by atoms with Gasteiger partial charge in [-0.2, -0.15) is 0 Å². The van der Waals surface area contributed by atoms with Gasteiger partial charge in [-0.05, 0) is 35.7 Å². The molecule has 84 valence electrons. The molecule has 0 aliphatic carbocycles. The van der Waals surface area contributed by atoms with E-state index in [1.165, 1.54) is 6.26 Å². The number of furan rings is 1. The van der Waals surface area contributed by atoms with Crippen LogP contribution in [-0.4, -0.2) is 4.98 Å². The molecule has 0 aromatic carbocycles. The highest BCUT2D eigenvalue weighted by molar-refractivity contribution is 6.29. The van der Waals surface area contributed by atoms with Crippen LogP contribution in [0.2, 0.25) is 5.22 Å². The number of pyridine rings is 1. The van der Waals surface area contributed by atoms with Crippen LogP contribution >= 0.6 is 11.6 Å². The van der Waals surface area contributed by atoms with Gasteiger partial charge in [-0.15, -0.1) is 0 Å². The van der Waals surface area contributed by atoms with Crippen LogP contribution in [0.4, 0.5) is 0 Å². The Morgan fingerprint density at radius 1 is 1.50 bits per heavy atom. The van der Waals surface area contributed by atoms with Crippen LogP contribution in [0.5, 0.6) is 0 Å². The van der Waals surface area contributed by atoms with Crippen molar-refractivity contribution in [2.45, 2.75) is 13.0 Å².